The van der Waals surface area contributed by atoms with Crippen molar-refractivity contribution in [2.75, 3.05) is 10.6 Å². The van der Waals surface area contributed by atoms with E-state index in [2.05, 4.69) is 63.4 Å². The average molecular weight is 330 g/mol. The number of aromatic nitrogens is 4. The Balaban J connectivity index is 1.85. The van der Waals surface area contributed by atoms with Gasteiger partial charge in [0.05, 0.1) is 0 Å². The summed E-state index contributed by atoms with van der Waals surface area (Å²) in [5.74, 6) is 1.07. The maximum Gasteiger partial charge on any atom is 0.226 e. The lowest BCUT2D eigenvalue weighted by atomic mass is 10.1. The van der Waals surface area contributed by atoms with E-state index in [4.69, 9.17) is 5.73 Å². The van der Waals surface area contributed by atoms with E-state index in [1.165, 1.54) is 11.1 Å². The predicted octanol–water partition coefficient (Wildman–Crippen LogP) is 3.35. The molecule has 4 aromatic rings. The minimum Gasteiger partial charge on any atom is -0.368 e. The lowest BCUT2D eigenvalue weighted by Crippen LogP contribution is -2.19. The van der Waals surface area contributed by atoms with Gasteiger partial charge in [-0.05, 0) is 24.6 Å². The molecule has 4 rings (SSSR count). The first-order valence-electron chi connectivity index (χ1n) is 8.06. The first kappa shape index (κ1) is 15.1. The van der Waals surface area contributed by atoms with Crippen molar-refractivity contribution in [3.05, 3.63) is 78.1 Å². The van der Waals surface area contributed by atoms with Crippen molar-refractivity contribution in [2.24, 2.45) is 0 Å². The van der Waals surface area contributed by atoms with Gasteiger partial charge in [0, 0.05) is 24.6 Å². The van der Waals surface area contributed by atoms with Crippen LogP contribution in [0, 0.1) is 6.92 Å². The van der Waals surface area contributed by atoms with Gasteiger partial charge in [-0.25, -0.2) is 4.98 Å². The fraction of sp³-hybridized carbons (Fsp3) is 0.105. The van der Waals surface area contributed by atoms with Gasteiger partial charge in [-0.3, -0.25) is 4.40 Å². The summed E-state index contributed by atoms with van der Waals surface area (Å²) in [6, 6.07) is 18.6. The number of aryl methyl sites for hydroxylation is 1. The summed E-state index contributed by atoms with van der Waals surface area (Å²) in [7, 11) is 0. The molecule has 0 unspecified atom stereocenters. The molecule has 0 spiro atoms. The highest BCUT2D eigenvalue weighted by Gasteiger charge is 2.17. The quantitative estimate of drug-likeness (QED) is 0.621. The van der Waals surface area contributed by atoms with Crippen LogP contribution < -0.4 is 10.6 Å². The van der Waals surface area contributed by atoms with Crippen LogP contribution in [-0.2, 0) is 6.54 Å². The number of nitrogen functional groups attached to an aromatic ring is 1. The van der Waals surface area contributed by atoms with E-state index < -0.39 is 0 Å². The summed E-state index contributed by atoms with van der Waals surface area (Å²) >= 11 is 0. The molecule has 0 fully saturated rings. The van der Waals surface area contributed by atoms with Crippen LogP contribution in [0.25, 0.3) is 5.65 Å². The van der Waals surface area contributed by atoms with Gasteiger partial charge in [0.25, 0.3) is 0 Å². The van der Waals surface area contributed by atoms with Crippen molar-refractivity contribution in [3.8, 4) is 0 Å². The zero-order chi connectivity index (χ0) is 17.2. The second-order valence-corrected chi connectivity index (χ2v) is 5.91. The molecule has 25 heavy (non-hydrogen) atoms. The highest BCUT2D eigenvalue weighted by molar-refractivity contribution is 5.73. The van der Waals surface area contributed by atoms with Gasteiger partial charge in [-0.1, -0.05) is 48.0 Å². The summed E-state index contributed by atoms with van der Waals surface area (Å²) in [6.45, 7) is 2.74. The number of benzene rings is 2. The van der Waals surface area contributed by atoms with Crippen LogP contribution in [0.2, 0.25) is 0 Å². The maximum absolute atomic E-state index is 5.90. The molecular weight excluding hydrogens is 312 g/mol. The Morgan fingerprint density at radius 2 is 1.76 bits per heavy atom. The Kier molecular flexibility index (Phi) is 3.78. The number of anilines is 3. The summed E-state index contributed by atoms with van der Waals surface area (Å²) in [4.78, 5) is 6.69. The van der Waals surface area contributed by atoms with Crippen LogP contribution in [0.3, 0.4) is 0 Å². The SMILES string of the molecule is Cc1ccc(N(Cc2ccccc2)c2nccn3c(N)nnc23)cc1. The van der Waals surface area contributed by atoms with Crippen molar-refractivity contribution >= 4 is 23.1 Å². The number of fused-ring (bicyclic) bond motifs is 1. The van der Waals surface area contributed by atoms with E-state index in [1.807, 2.05) is 18.2 Å². The number of nitrogens with two attached hydrogens (primary N) is 1. The monoisotopic (exact) mass is 330 g/mol. The lowest BCUT2D eigenvalue weighted by Gasteiger charge is -2.24. The molecule has 2 aromatic carbocycles. The molecule has 0 aliphatic heterocycles. The lowest BCUT2D eigenvalue weighted by molar-refractivity contribution is 0.937. The van der Waals surface area contributed by atoms with E-state index >= 15 is 0 Å². The highest BCUT2D eigenvalue weighted by Crippen LogP contribution is 2.29. The summed E-state index contributed by atoms with van der Waals surface area (Å²) in [5, 5.41) is 8.19. The minimum absolute atomic E-state index is 0.349. The third-order valence-electron chi connectivity index (χ3n) is 4.12. The molecule has 0 radical (unpaired) electrons. The predicted molar refractivity (Wildman–Crippen MR) is 98.7 cm³/mol. The standard InChI is InChI=1S/C19H18N6/c1-14-7-9-16(10-8-14)25(13-15-5-3-2-4-6-15)17-18-22-23-19(20)24(18)12-11-21-17/h2-12H,13H2,1H3,(H2,20,23). The van der Waals surface area contributed by atoms with Crippen LogP contribution in [0.4, 0.5) is 17.5 Å². The van der Waals surface area contributed by atoms with E-state index in [9.17, 15) is 0 Å². The largest absolute Gasteiger partial charge is 0.368 e. The smallest absolute Gasteiger partial charge is 0.226 e. The topological polar surface area (TPSA) is 72.3 Å². The molecule has 0 saturated carbocycles. The first-order valence-corrected chi connectivity index (χ1v) is 8.06. The second kappa shape index (κ2) is 6.24. The normalized spacial score (nSPS) is 10.9. The summed E-state index contributed by atoms with van der Waals surface area (Å²) in [6.07, 6.45) is 3.48. The van der Waals surface area contributed by atoms with Crippen LogP contribution in [0.1, 0.15) is 11.1 Å². The van der Waals surface area contributed by atoms with Crippen molar-refractivity contribution in [1.82, 2.24) is 19.6 Å². The van der Waals surface area contributed by atoms with Gasteiger partial charge in [0.1, 0.15) is 0 Å². The highest BCUT2D eigenvalue weighted by atomic mass is 15.3. The van der Waals surface area contributed by atoms with Gasteiger partial charge >= 0.3 is 0 Å². The van der Waals surface area contributed by atoms with Gasteiger partial charge < -0.3 is 10.6 Å². The molecule has 0 aliphatic rings. The molecule has 0 saturated heterocycles. The van der Waals surface area contributed by atoms with E-state index in [0.29, 0.717) is 18.1 Å². The fourth-order valence-corrected chi connectivity index (χ4v) is 2.80. The third kappa shape index (κ3) is 2.89. The maximum atomic E-state index is 5.90. The van der Waals surface area contributed by atoms with E-state index in [1.54, 1.807) is 16.8 Å². The molecule has 6 heteroatoms. The molecule has 6 nitrogen and oxygen atoms in total. The van der Waals surface area contributed by atoms with Crippen molar-refractivity contribution < 1.29 is 0 Å². The third-order valence-corrected chi connectivity index (χ3v) is 4.12. The summed E-state index contributed by atoms with van der Waals surface area (Å²) < 4.78 is 1.74. The van der Waals surface area contributed by atoms with E-state index in [-0.39, 0.29) is 0 Å². The Hall–Kier alpha value is -3.41. The Morgan fingerprint density at radius 1 is 1.00 bits per heavy atom. The Labute approximate surface area is 145 Å². The van der Waals surface area contributed by atoms with Crippen molar-refractivity contribution in [2.45, 2.75) is 13.5 Å². The summed E-state index contributed by atoms with van der Waals surface area (Å²) in [5.41, 5.74) is 9.96. The zero-order valence-corrected chi connectivity index (χ0v) is 13.9. The van der Waals surface area contributed by atoms with Crippen LogP contribution in [0.15, 0.2) is 67.0 Å². The van der Waals surface area contributed by atoms with E-state index in [0.717, 1.165) is 11.5 Å². The number of hydrogen-bond acceptors (Lipinski definition) is 5. The van der Waals surface area contributed by atoms with Crippen LogP contribution in [-0.4, -0.2) is 19.6 Å². The molecule has 0 aliphatic carbocycles. The van der Waals surface area contributed by atoms with Crippen molar-refractivity contribution in [1.29, 1.82) is 0 Å². The van der Waals surface area contributed by atoms with Crippen LogP contribution in [0.5, 0.6) is 0 Å². The number of hydrogen-bond donors (Lipinski definition) is 1. The van der Waals surface area contributed by atoms with Gasteiger partial charge in [0.2, 0.25) is 11.6 Å². The molecule has 0 bridgehead atoms. The Morgan fingerprint density at radius 3 is 2.52 bits per heavy atom. The minimum atomic E-state index is 0.349. The first-order chi connectivity index (χ1) is 12.2. The molecular formula is C19H18N6. The fourth-order valence-electron chi connectivity index (χ4n) is 2.80. The van der Waals surface area contributed by atoms with Crippen molar-refractivity contribution in [3.63, 3.8) is 0 Å². The van der Waals surface area contributed by atoms with Gasteiger partial charge in [0.15, 0.2) is 5.82 Å². The molecule has 2 N–H and O–H groups in total. The average Bonchev–Trinajstić information content (AvgIpc) is 3.03. The van der Waals surface area contributed by atoms with Gasteiger partial charge in [-0.15, -0.1) is 10.2 Å². The molecule has 2 heterocycles. The second-order valence-electron chi connectivity index (χ2n) is 5.91. The number of nitrogens with zero attached hydrogens (tertiary/aromatic N) is 5. The van der Waals surface area contributed by atoms with Gasteiger partial charge in [-0.2, -0.15) is 0 Å². The number of rotatable bonds is 4. The Bertz CT molecular complexity index is 992. The zero-order valence-electron chi connectivity index (χ0n) is 13.9. The van der Waals surface area contributed by atoms with Crippen LogP contribution >= 0.6 is 0 Å². The molecule has 0 atom stereocenters. The molecule has 124 valence electrons. The molecule has 2 aromatic heterocycles. The molecule has 0 amide bonds.